The number of aromatic nitrogens is 2. The van der Waals surface area contributed by atoms with E-state index in [9.17, 15) is 4.39 Å². The standard InChI is InChI=1S/C16H13FN4/c17-10-2-1-3-12(8-10)19-16-14-7-9-6-11(18)4-5-13(9)15(14)20-21-16/h1-8,19-21H,18H2. The van der Waals surface area contributed by atoms with Crippen LogP contribution in [-0.4, -0.2) is 10.2 Å². The van der Waals surface area contributed by atoms with Gasteiger partial charge in [0.25, 0.3) is 0 Å². The molecule has 5 heteroatoms. The topological polar surface area (TPSA) is 69.6 Å². The van der Waals surface area contributed by atoms with Crippen molar-refractivity contribution in [2.45, 2.75) is 0 Å². The Kier molecular flexibility index (Phi) is 2.41. The molecule has 2 aliphatic rings. The van der Waals surface area contributed by atoms with E-state index in [1.165, 1.54) is 12.1 Å². The minimum atomic E-state index is -0.271. The van der Waals surface area contributed by atoms with Gasteiger partial charge in [0.1, 0.15) is 11.6 Å². The van der Waals surface area contributed by atoms with Gasteiger partial charge in [0.05, 0.1) is 5.69 Å². The van der Waals surface area contributed by atoms with E-state index < -0.39 is 0 Å². The van der Waals surface area contributed by atoms with Gasteiger partial charge in [0.2, 0.25) is 0 Å². The summed E-state index contributed by atoms with van der Waals surface area (Å²) >= 11 is 0. The Bertz CT molecular complexity index is 906. The lowest BCUT2D eigenvalue weighted by Crippen LogP contribution is -1.91. The Hall–Kier alpha value is -2.95. The van der Waals surface area contributed by atoms with Crippen LogP contribution in [-0.2, 0) is 0 Å². The summed E-state index contributed by atoms with van der Waals surface area (Å²) < 4.78 is 13.2. The third-order valence-electron chi connectivity index (χ3n) is 3.59. The van der Waals surface area contributed by atoms with Crippen molar-refractivity contribution in [1.29, 1.82) is 0 Å². The zero-order chi connectivity index (χ0) is 14.4. The number of H-pyrrole nitrogens is 2. The van der Waals surface area contributed by atoms with Crippen LogP contribution in [0.1, 0.15) is 0 Å². The number of nitrogen functional groups attached to an aromatic ring is 1. The predicted molar refractivity (Wildman–Crippen MR) is 83.4 cm³/mol. The van der Waals surface area contributed by atoms with Crippen LogP contribution in [0.25, 0.3) is 22.0 Å². The van der Waals surface area contributed by atoms with Gasteiger partial charge in [0.15, 0.2) is 0 Å². The summed E-state index contributed by atoms with van der Waals surface area (Å²) in [6.07, 6.45) is 0. The lowest BCUT2D eigenvalue weighted by molar-refractivity contribution is 0.628. The van der Waals surface area contributed by atoms with E-state index in [2.05, 4.69) is 21.6 Å². The highest BCUT2D eigenvalue weighted by molar-refractivity contribution is 6.05. The molecular weight excluding hydrogens is 267 g/mol. The van der Waals surface area contributed by atoms with Crippen molar-refractivity contribution in [1.82, 2.24) is 10.2 Å². The maximum absolute atomic E-state index is 13.2. The smallest absolute Gasteiger partial charge is 0.132 e. The molecule has 0 fully saturated rings. The van der Waals surface area contributed by atoms with Crippen molar-refractivity contribution in [3.63, 3.8) is 0 Å². The van der Waals surface area contributed by atoms with Crippen molar-refractivity contribution < 1.29 is 4.39 Å². The normalized spacial score (nSPS) is 11.3. The number of fused-ring (bicyclic) bond motifs is 3. The molecule has 4 nitrogen and oxygen atoms in total. The molecule has 1 heterocycles. The average Bonchev–Trinajstić information content (AvgIpc) is 2.98. The van der Waals surface area contributed by atoms with Gasteiger partial charge in [-0.05, 0) is 41.8 Å². The molecule has 0 amide bonds. The lowest BCUT2D eigenvalue weighted by Gasteiger charge is -2.04. The monoisotopic (exact) mass is 280 g/mol. The first-order chi connectivity index (χ1) is 10.2. The van der Waals surface area contributed by atoms with Crippen LogP contribution in [0.5, 0.6) is 0 Å². The highest BCUT2D eigenvalue weighted by atomic mass is 19.1. The fourth-order valence-corrected chi connectivity index (χ4v) is 2.63. The highest BCUT2D eigenvalue weighted by Crippen LogP contribution is 2.38. The van der Waals surface area contributed by atoms with Crippen LogP contribution in [0, 0.1) is 5.82 Å². The summed E-state index contributed by atoms with van der Waals surface area (Å²) in [5.41, 5.74) is 9.26. The second-order valence-electron chi connectivity index (χ2n) is 5.04. The molecule has 4 rings (SSSR count). The number of benzene rings is 2. The van der Waals surface area contributed by atoms with E-state index >= 15 is 0 Å². The van der Waals surface area contributed by atoms with Crippen LogP contribution < -0.4 is 11.1 Å². The molecule has 1 aliphatic heterocycles. The molecule has 0 bridgehead atoms. The Labute approximate surface area is 120 Å². The van der Waals surface area contributed by atoms with Crippen molar-refractivity contribution >= 4 is 28.0 Å². The number of nitrogens with two attached hydrogens (primary N) is 1. The Morgan fingerprint density at radius 2 is 1.90 bits per heavy atom. The predicted octanol–water partition coefficient (Wildman–Crippen LogP) is 4.07. The Balaban J connectivity index is 1.79. The van der Waals surface area contributed by atoms with Crippen LogP contribution in [0.15, 0.2) is 48.5 Å². The summed E-state index contributed by atoms with van der Waals surface area (Å²) in [6.45, 7) is 0. The number of aromatic amines is 2. The number of halogens is 1. The van der Waals surface area contributed by atoms with Gasteiger partial charge < -0.3 is 11.1 Å². The first-order valence-electron chi connectivity index (χ1n) is 6.61. The van der Waals surface area contributed by atoms with Crippen molar-refractivity contribution in [2.24, 2.45) is 0 Å². The number of nitrogens with one attached hydrogen (secondary N) is 3. The molecule has 0 saturated heterocycles. The summed E-state index contributed by atoms with van der Waals surface area (Å²) in [5, 5.41) is 11.6. The van der Waals surface area contributed by atoms with Gasteiger partial charge >= 0.3 is 0 Å². The molecule has 2 aromatic carbocycles. The van der Waals surface area contributed by atoms with Crippen molar-refractivity contribution in [3.05, 3.63) is 54.3 Å². The average molecular weight is 280 g/mol. The summed E-state index contributed by atoms with van der Waals surface area (Å²) in [7, 11) is 0. The maximum Gasteiger partial charge on any atom is 0.132 e. The van der Waals surface area contributed by atoms with Crippen LogP contribution in [0.3, 0.4) is 0 Å². The quantitative estimate of drug-likeness (QED) is 0.418. The fourth-order valence-electron chi connectivity index (χ4n) is 2.63. The van der Waals surface area contributed by atoms with E-state index in [1.807, 2.05) is 24.3 Å². The van der Waals surface area contributed by atoms with E-state index in [4.69, 9.17) is 5.73 Å². The maximum atomic E-state index is 13.2. The zero-order valence-electron chi connectivity index (χ0n) is 11.1. The number of rotatable bonds is 2. The third-order valence-corrected chi connectivity index (χ3v) is 3.59. The minimum Gasteiger partial charge on any atom is -0.399 e. The van der Waals surface area contributed by atoms with Crippen LogP contribution >= 0.6 is 0 Å². The van der Waals surface area contributed by atoms with Gasteiger partial charge in [-0.15, -0.1) is 0 Å². The molecule has 0 saturated carbocycles. The molecule has 21 heavy (non-hydrogen) atoms. The van der Waals surface area contributed by atoms with Gasteiger partial charge in [-0.25, -0.2) is 4.39 Å². The SMILES string of the molecule is Nc1ccc2c3[nH][nH]c(Nc4cccc(F)c4)c-3cc2c1. The molecule has 1 aliphatic carbocycles. The first-order valence-corrected chi connectivity index (χ1v) is 6.61. The van der Waals surface area contributed by atoms with Crippen LogP contribution in [0.2, 0.25) is 0 Å². The molecule has 0 unspecified atom stereocenters. The van der Waals surface area contributed by atoms with E-state index in [-0.39, 0.29) is 5.82 Å². The molecule has 5 N–H and O–H groups in total. The second-order valence-corrected chi connectivity index (χ2v) is 5.04. The molecule has 0 aromatic heterocycles. The molecular formula is C16H13FN4. The second kappa shape index (κ2) is 4.28. The Morgan fingerprint density at radius 1 is 1.00 bits per heavy atom. The number of hydrogen-bond acceptors (Lipinski definition) is 2. The molecule has 0 atom stereocenters. The third kappa shape index (κ3) is 1.90. The molecule has 0 radical (unpaired) electrons. The van der Waals surface area contributed by atoms with Crippen molar-refractivity contribution in [3.8, 4) is 11.3 Å². The largest absolute Gasteiger partial charge is 0.399 e. The fraction of sp³-hybridized carbons (Fsp3) is 0. The number of anilines is 3. The van der Waals surface area contributed by atoms with Crippen LogP contribution in [0.4, 0.5) is 21.6 Å². The van der Waals surface area contributed by atoms with Gasteiger partial charge in [-0.3, -0.25) is 10.2 Å². The Morgan fingerprint density at radius 3 is 2.76 bits per heavy atom. The van der Waals surface area contributed by atoms with E-state index in [0.29, 0.717) is 5.69 Å². The highest BCUT2D eigenvalue weighted by Gasteiger charge is 2.16. The summed E-state index contributed by atoms with van der Waals surface area (Å²) in [4.78, 5) is 0. The van der Waals surface area contributed by atoms with Gasteiger partial charge in [0, 0.05) is 22.3 Å². The summed E-state index contributed by atoms with van der Waals surface area (Å²) in [5.74, 6) is 0.526. The first kappa shape index (κ1) is 11.8. The van der Waals surface area contributed by atoms with Gasteiger partial charge in [-0.2, -0.15) is 0 Å². The lowest BCUT2D eigenvalue weighted by atomic mass is 10.2. The molecule has 0 spiro atoms. The molecule has 2 aromatic rings. The zero-order valence-corrected chi connectivity index (χ0v) is 11.1. The number of hydrogen-bond donors (Lipinski definition) is 4. The van der Waals surface area contributed by atoms with E-state index in [1.54, 1.807) is 6.07 Å². The van der Waals surface area contributed by atoms with E-state index in [0.717, 1.165) is 33.5 Å². The summed E-state index contributed by atoms with van der Waals surface area (Å²) in [6, 6.07) is 14.2. The van der Waals surface area contributed by atoms with Crippen molar-refractivity contribution in [2.75, 3.05) is 11.1 Å². The van der Waals surface area contributed by atoms with Gasteiger partial charge in [-0.1, -0.05) is 12.1 Å². The molecule has 104 valence electrons. The minimum absolute atomic E-state index is 0.271.